The van der Waals surface area contributed by atoms with Gasteiger partial charge in [-0.3, -0.25) is 5.41 Å². The molecule has 0 amide bonds. The molecule has 0 bridgehead atoms. The number of nitrogens with one attached hydrogen (secondary N) is 2. The molecule has 152 valence electrons. The van der Waals surface area contributed by atoms with Crippen molar-refractivity contribution in [3.8, 4) is 5.75 Å². The third kappa shape index (κ3) is 3.86. The van der Waals surface area contributed by atoms with E-state index in [1.165, 1.54) is 34.5 Å². The van der Waals surface area contributed by atoms with E-state index in [0.717, 1.165) is 18.9 Å². The van der Waals surface area contributed by atoms with E-state index in [4.69, 9.17) is 11.1 Å². The van der Waals surface area contributed by atoms with Crippen LogP contribution in [0.25, 0.3) is 0 Å². The molecule has 1 aromatic heterocycles. The van der Waals surface area contributed by atoms with E-state index >= 15 is 0 Å². The average molecular weight is 422 g/mol. The fourth-order valence-electron chi connectivity index (χ4n) is 3.73. The smallest absolute Gasteiger partial charge is 0.141 e. The summed E-state index contributed by atoms with van der Waals surface area (Å²) in [6, 6.07) is 9.75. The van der Waals surface area contributed by atoms with Crippen LogP contribution in [-0.4, -0.2) is 26.8 Å². The van der Waals surface area contributed by atoms with Crippen LogP contribution in [0.15, 0.2) is 59.6 Å². The van der Waals surface area contributed by atoms with Crippen molar-refractivity contribution in [1.82, 2.24) is 9.97 Å². The number of phenolic OH excluding ortho intramolecular Hbond substituents is 1. The number of anilines is 2. The van der Waals surface area contributed by atoms with Crippen LogP contribution < -0.4 is 11.1 Å². The maximum atomic E-state index is 13.7. The maximum absolute atomic E-state index is 13.7. The van der Waals surface area contributed by atoms with Crippen LogP contribution >= 0.6 is 11.8 Å². The standard InChI is InChI=1S/C22H20FN5OS/c1-2-30-18-5-3-4-12-7-15(10-17(12)18)28-22-19(21(25)26-11-27-22)20(24)13-6-14(23)9-16(29)8-13/h2-6,8-9,11,15,24,29H,1,7,10H2,(H3,25,26,27,28). The number of nitrogens with two attached hydrogens (primary N) is 1. The van der Waals surface area contributed by atoms with Gasteiger partial charge >= 0.3 is 0 Å². The summed E-state index contributed by atoms with van der Waals surface area (Å²) in [7, 11) is 0. The summed E-state index contributed by atoms with van der Waals surface area (Å²) in [4.78, 5) is 9.47. The Kier molecular flexibility index (Phi) is 5.41. The van der Waals surface area contributed by atoms with Gasteiger partial charge in [-0.15, -0.1) is 0 Å². The summed E-state index contributed by atoms with van der Waals surface area (Å²) in [5.74, 6) is -0.386. The number of fused-ring (bicyclic) bond motifs is 1. The van der Waals surface area contributed by atoms with Crippen LogP contribution in [0, 0.1) is 11.2 Å². The quantitative estimate of drug-likeness (QED) is 0.352. The number of hydrogen-bond donors (Lipinski definition) is 4. The van der Waals surface area contributed by atoms with E-state index in [1.807, 2.05) is 11.5 Å². The van der Waals surface area contributed by atoms with Crippen molar-refractivity contribution >= 4 is 29.1 Å². The minimum atomic E-state index is -0.641. The van der Waals surface area contributed by atoms with Crippen LogP contribution in [0.3, 0.4) is 0 Å². The number of aromatic hydroxyl groups is 1. The highest BCUT2D eigenvalue weighted by atomic mass is 32.2. The highest BCUT2D eigenvalue weighted by Crippen LogP contribution is 2.34. The Hall–Kier alpha value is -3.39. The molecule has 6 nitrogen and oxygen atoms in total. The number of nitrogen functional groups attached to an aromatic ring is 1. The molecule has 8 heteroatoms. The predicted octanol–water partition coefficient (Wildman–Crippen LogP) is 4.13. The topological polar surface area (TPSA) is 108 Å². The van der Waals surface area contributed by atoms with Gasteiger partial charge in [0.2, 0.25) is 0 Å². The highest BCUT2D eigenvalue weighted by molar-refractivity contribution is 8.02. The number of rotatable bonds is 6. The van der Waals surface area contributed by atoms with E-state index in [1.54, 1.807) is 11.8 Å². The maximum Gasteiger partial charge on any atom is 0.141 e. The number of aromatic nitrogens is 2. The fraction of sp³-hybridized carbons (Fsp3) is 0.136. The molecule has 1 aliphatic carbocycles. The van der Waals surface area contributed by atoms with Gasteiger partial charge in [-0.1, -0.05) is 30.5 Å². The van der Waals surface area contributed by atoms with Gasteiger partial charge in [-0.2, -0.15) is 0 Å². The lowest BCUT2D eigenvalue weighted by Gasteiger charge is -2.17. The van der Waals surface area contributed by atoms with Crippen LogP contribution in [0.4, 0.5) is 16.0 Å². The van der Waals surface area contributed by atoms with Gasteiger partial charge in [0.25, 0.3) is 0 Å². The summed E-state index contributed by atoms with van der Waals surface area (Å²) in [5.41, 5.74) is 8.99. The number of nitrogens with zero attached hydrogens (tertiary/aromatic N) is 2. The van der Waals surface area contributed by atoms with Crippen molar-refractivity contribution in [2.75, 3.05) is 11.1 Å². The molecule has 2 aromatic carbocycles. The molecule has 4 rings (SSSR count). The molecule has 0 saturated carbocycles. The molecule has 0 radical (unpaired) electrons. The molecule has 1 unspecified atom stereocenters. The molecule has 30 heavy (non-hydrogen) atoms. The zero-order chi connectivity index (χ0) is 21.3. The van der Waals surface area contributed by atoms with Gasteiger partial charge in [0.05, 0.1) is 11.3 Å². The second-order valence-electron chi connectivity index (χ2n) is 6.98. The fourth-order valence-corrected chi connectivity index (χ4v) is 4.42. The number of hydrogen-bond acceptors (Lipinski definition) is 7. The first-order chi connectivity index (χ1) is 14.5. The average Bonchev–Trinajstić information content (AvgIpc) is 3.11. The summed E-state index contributed by atoms with van der Waals surface area (Å²) >= 11 is 1.60. The molecule has 0 spiro atoms. The van der Waals surface area contributed by atoms with Crippen molar-refractivity contribution < 1.29 is 9.50 Å². The predicted molar refractivity (Wildman–Crippen MR) is 118 cm³/mol. The van der Waals surface area contributed by atoms with Crippen LogP contribution in [-0.2, 0) is 12.8 Å². The van der Waals surface area contributed by atoms with Gasteiger partial charge in [0.15, 0.2) is 0 Å². The molecule has 1 aliphatic rings. The number of halogens is 1. The monoisotopic (exact) mass is 421 g/mol. The first kappa shape index (κ1) is 19.9. The Morgan fingerprint density at radius 2 is 2.13 bits per heavy atom. The van der Waals surface area contributed by atoms with E-state index in [-0.39, 0.29) is 34.4 Å². The number of phenols is 1. The highest BCUT2D eigenvalue weighted by Gasteiger charge is 2.26. The van der Waals surface area contributed by atoms with Gasteiger partial charge < -0.3 is 16.2 Å². The van der Waals surface area contributed by atoms with Gasteiger partial charge in [0.1, 0.15) is 29.5 Å². The van der Waals surface area contributed by atoms with Crippen LogP contribution in [0.5, 0.6) is 5.75 Å². The summed E-state index contributed by atoms with van der Waals surface area (Å²) in [5, 5.41) is 23.4. The lowest BCUT2D eigenvalue weighted by atomic mass is 10.0. The van der Waals surface area contributed by atoms with Crippen molar-refractivity contribution in [1.29, 1.82) is 5.41 Å². The van der Waals surface area contributed by atoms with Crippen molar-refractivity contribution in [2.45, 2.75) is 23.8 Å². The van der Waals surface area contributed by atoms with Crippen molar-refractivity contribution in [2.24, 2.45) is 0 Å². The van der Waals surface area contributed by atoms with Gasteiger partial charge in [-0.05, 0) is 47.6 Å². The normalized spacial score (nSPS) is 14.9. The molecular formula is C22H20FN5OS. The minimum Gasteiger partial charge on any atom is -0.508 e. The Labute approximate surface area is 177 Å². The van der Waals surface area contributed by atoms with Crippen LogP contribution in [0.2, 0.25) is 0 Å². The Balaban J connectivity index is 1.64. The first-order valence-corrected chi connectivity index (χ1v) is 10.2. The zero-order valence-electron chi connectivity index (χ0n) is 16.0. The van der Waals surface area contributed by atoms with Crippen molar-refractivity contribution in [3.05, 3.63) is 82.8 Å². The number of benzene rings is 2. The number of thioether (sulfide) groups is 1. The third-order valence-electron chi connectivity index (χ3n) is 5.00. The Morgan fingerprint density at radius 1 is 1.30 bits per heavy atom. The second-order valence-corrected chi connectivity index (χ2v) is 7.99. The molecule has 1 heterocycles. The Bertz CT molecular complexity index is 1130. The minimum absolute atomic E-state index is 0.0633. The largest absolute Gasteiger partial charge is 0.508 e. The lowest BCUT2D eigenvalue weighted by Crippen LogP contribution is -2.23. The summed E-state index contributed by atoms with van der Waals surface area (Å²) < 4.78 is 13.7. The van der Waals surface area contributed by atoms with E-state index in [0.29, 0.717) is 5.82 Å². The molecule has 0 fully saturated rings. The molecule has 1 atom stereocenters. The van der Waals surface area contributed by atoms with Crippen LogP contribution in [0.1, 0.15) is 22.3 Å². The summed E-state index contributed by atoms with van der Waals surface area (Å²) in [6.07, 6.45) is 2.93. The first-order valence-electron chi connectivity index (χ1n) is 9.30. The van der Waals surface area contributed by atoms with Crippen molar-refractivity contribution in [3.63, 3.8) is 0 Å². The second kappa shape index (κ2) is 8.16. The molecule has 5 N–H and O–H groups in total. The van der Waals surface area contributed by atoms with Gasteiger partial charge in [0, 0.05) is 22.6 Å². The molecule has 3 aromatic rings. The molecular weight excluding hydrogens is 401 g/mol. The summed E-state index contributed by atoms with van der Waals surface area (Å²) in [6.45, 7) is 3.80. The van der Waals surface area contributed by atoms with E-state index < -0.39 is 5.82 Å². The van der Waals surface area contributed by atoms with E-state index in [9.17, 15) is 9.50 Å². The SMILES string of the molecule is C=CSc1cccc2c1CC(Nc1ncnc(N)c1C(=N)c1cc(O)cc(F)c1)C2. The third-order valence-corrected chi connectivity index (χ3v) is 5.80. The Morgan fingerprint density at radius 3 is 2.90 bits per heavy atom. The van der Waals surface area contributed by atoms with Gasteiger partial charge in [-0.25, -0.2) is 14.4 Å². The van der Waals surface area contributed by atoms with E-state index in [2.05, 4.69) is 34.0 Å². The lowest BCUT2D eigenvalue weighted by molar-refractivity contribution is 0.469. The zero-order valence-corrected chi connectivity index (χ0v) is 16.8. The molecule has 0 aliphatic heterocycles. The molecule has 0 saturated heterocycles.